The van der Waals surface area contributed by atoms with Gasteiger partial charge in [-0.15, -0.1) is 0 Å². The molecule has 1 nitrogen and oxygen atoms in total. The van der Waals surface area contributed by atoms with Crippen molar-refractivity contribution >= 4 is 0 Å². The molecule has 1 unspecified atom stereocenters. The Labute approximate surface area is 69.1 Å². The van der Waals surface area contributed by atoms with Gasteiger partial charge in [-0.2, -0.15) is 0 Å². The summed E-state index contributed by atoms with van der Waals surface area (Å²) in [6.45, 7) is 9.13. The summed E-state index contributed by atoms with van der Waals surface area (Å²) in [6, 6.07) is 0. The summed E-state index contributed by atoms with van der Waals surface area (Å²) >= 11 is 0. The van der Waals surface area contributed by atoms with E-state index in [-0.39, 0.29) is 5.60 Å². The molecule has 2 heterocycles. The fourth-order valence-electron chi connectivity index (χ4n) is 3.13. The van der Waals surface area contributed by atoms with Crippen molar-refractivity contribution in [3.8, 4) is 0 Å². The molecule has 2 bridgehead atoms. The van der Waals surface area contributed by atoms with Gasteiger partial charge in [0.15, 0.2) is 0 Å². The summed E-state index contributed by atoms with van der Waals surface area (Å²) < 4.78 is 5.89. The van der Waals surface area contributed by atoms with Gasteiger partial charge in [0.05, 0.1) is 11.7 Å². The fraction of sp³-hybridized carbons (Fsp3) is 1.00. The average Bonchev–Trinajstić information content (AvgIpc) is 2.14. The van der Waals surface area contributed by atoms with Gasteiger partial charge in [0.25, 0.3) is 0 Å². The molecule has 3 aliphatic rings. The van der Waals surface area contributed by atoms with Crippen molar-refractivity contribution in [3.63, 3.8) is 0 Å². The van der Waals surface area contributed by atoms with E-state index in [9.17, 15) is 0 Å². The monoisotopic (exact) mass is 154 g/mol. The molecule has 1 atom stereocenters. The van der Waals surface area contributed by atoms with Crippen LogP contribution in [-0.4, -0.2) is 11.7 Å². The first-order valence-electron chi connectivity index (χ1n) is 4.66. The van der Waals surface area contributed by atoms with Gasteiger partial charge in [-0.05, 0) is 32.6 Å². The van der Waals surface area contributed by atoms with Crippen molar-refractivity contribution < 1.29 is 4.74 Å². The zero-order valence-corrected chi connectivity index (χ0v) is 7.98. The molecule has 3 rings (SSSR count). The van der Waals surface area contributed by atoms with Crippen LogP contribution in [0, 0.1) is 11.3 Å². The molecular formula is C10H18O. The molecule has 1 heteroatoms. The van der Waals surface area contributed by atoms with Crippen LogP contribution < -0.4 is 0 Å². The third-order valence-electron chi connectivity index (χ3n) is 3.83. The van der Waals surface area contributed by atoms with Crippen molar-refractivity contribution in [2.45, 2.75) is 52.2 Å². The van der Waals surface area contributed by atoms with E-state index in [4.69, 9.17) is 4.74 Å². The Bertz CT molecular complexity index is 177. The minimum Gasteiger partial charge on any atom is -0.372 e. The van der Waals surface area contributed by atoms with Crippen LogP contribution >= 0.6 is 0 Å². The van der Waals surface area contributed by atoms with E-state index in [0.29, 0.717) is 11.5 Å². The third kappa shape index (κ3) is 0.752. The van der Waals surface area contributed by atoms with Gasteiger partial charge < -0.3 is 4.74 Å². The maximum absolute atomic E-state index is 5.89. The van der Waals surface area contributed by atoms with Gasteiger partial charge in [-0.1, -0.05) is 13.8 Å². The summed E-state index contributed by atoms with van der Waals surface area (Å²) in [7, 11) is 0. The standard InChI is InChI=1S/C10H18O/c1-7(2)10-5-9(4,6-10)11-8(10)3/h7-8H,5-6H2,1-4H3. The number of fused-ring (bicyclic) bond motifs is 1. The third-order valence-corrected chi connectivity index (χ3v) is 3.83. The Kier molecular flexibility index (Phi) is 1.26. The molecule has 0 aromatic rings. The molecular weight excluding hydrogens is 136 g/mol. The molecule has 64 valence electrons. The van der Waals surface area contributed by atoms with Crippen LogP contribution in [0.15, 0.2) is 0 Å². The van der Waals surface area contributed by atoms with E-state index in [1.807, 2.05) is 0 Å². The van der Waals surface area contributed by atoms with Crippen molar-refractivity contribution in [3.05, 3.63) is 0 Å². The second-order valence-corrected chi connectivity index (χ2v) is 4.95. The van der Waals surface area contributed by atoms with E-state index in [2.05, 4.69) is 27.7 Å². The smallest absolute Gasteiger partial charge is 0.0671 e. The van der Waals surface area contributed by atoms with Crippen molar-refractivity contribution in [1.82, 2.24) is 0 Å². The summed E-state index contributed by atoms with van der Waals surface area (Å²) in [5.74, 6) is 0.785. The molecule has 0 aromatic heterocycles. The number of hydrogen-bond donors (Lipinski definition) is 0. The number of rotatable bonds is 1. The van der Waals surface area contributed by atoms with Crippen LogP contribution in [0.4, 0.5) is 0 Å². The molecule has 0 amide bonds. The lowest BCUT2D eigenvalue weighted by atomic mass is 9.56. The highest BCUT2D eigenvalue weighted by atomic mass is 16.5. The minimum atomic E-state index is 0.254. The summed E-state index contributed by atoms with van der Waals surface area (Å²) in [5.41, 5.74) is 0.790. The first kappa shape index (κ1) is 7.60. The van der Waals surface area contributed by atoms with Crippen LogP contribution in [0.2, 0.25) is 0 Å². The number of hydrogen-bond acceptors (Lipinski definition) is 1. The zero-order chi connectivity index (χ0) is 8.28. The highest BCUT2D eigenvalue weighted by Gasteiger charge is 2.64. The Balaban J connectivity index is 2.21. The van der Waals surface area contributed by atoms with Crippen molar-refractivity contribution in [2.75, 3.05) is 0 Å². The topological polar surface area (TPSA) is 9.23 Å². The maximum Gasteiger partial charge on any atom is 0.0671 e. The van der Waals surface area contributed by atoms with Crippen LogP contribution in [0.1, 0.15) is 40.5 Å². The van der Waals surface area contributed by atoms with E-state index in [0.717, 1.165) is 5.92 Å². The van der Waals surface area contributed by atoms with Crippen LogP contribution in [-0.2, 0) is 4.74 Å². The van der Waals surface area contributed by atoms with E-state index in [1.54, 1.807) is 0 Å². The molecule has 0 aromatic carbocycles. The molecule has 1 aliphatic carbocycles. The van der Waals surface area contributed by atoms with Gasteiger partial charge in [0.2, 0.25) is 0 Å². The second kappa shape index (κ2) is 1.82. The van der Waals surface area contributed by atoms with Gasteiger partial charge in [-0.25, -0.2) is 0 Å². The van der Waals surface area contributed by atoms with Gasteiger partial charge >= 0.3 is 0 Å². The molecule has 2 saturated heterocycles. The Morgan fingerprint density at radius 1 is 1.36 bits per heavy atom. The summed E-state index contributed by atoms with van der Waals surface area (Å²) in [6.07, 6.45) is 3.07. The predicted octanol–water partition coefficient (Wildman–Crippen LogP) is 2.60. The fourth-order valence-corrected chi connectivity index (χ4v) is 3.13. The van der Waals surface area contributed by atoms with Crippen LogP contribution in [0.3, 0.4) is 0 Å². The van der Waals surface area contributed by atoms with E-state index in [1.165, 1.54) is 12.8 Å². The van der Waals surface area contributed by atoms with E-state index >= 15 is 0 Å². The van der Waals surface area contributed by atoms with Gasteiger partial charge in [0, 0.05) is 5.41 Å². The zero-order valence-electron chi connectivity index (χ0n) is 7.98. The largest absolute Gasteiger partial charge is 0.372 e. The second-order valence-electron chi connectivity index (χ2n) is 4.95. The summed E-state index contributed by atoms with van der Waals surface area (Å²) in [4.78, 5) is 0. The Morgan fingerprint density at radius 3 is 2.09 bits per heavy atom. The Morgan fingerprint density at radius 2 is 1.91 bits per heavy atom. The van der Waals surface area contributed by atoms with Gasteiger partial charge in [-0.3, -0.25) is 0 Å². The molecule has 2 aliphatic heterocycles. The lowest BCUT2D eigenvalue weighted by molar-refractivity contribution is -0.0145. The Hall–Kier alpha value is -0.0400. The molecule has 0 spiro atoms. The minimum absolute atomic E-state index is 0.254. The van der Waals surface area contributed by atoms with Crippen molar-refractivity contribution in [2.24, 2.45) is 11.3 Å². The summed E-state index contributed by atoms with van der Waals surface area (Å²) in [5, 5.41) is 0. The average molecular weight is 154 g/mol. The SMILES string of the molecule is CC(C)C12CC(C)(C1)OC2C. The lowest BCUT2D eigenvalue weighted by Gasteiger charge is -2.46. The predicted molar refractivity (Wildman–Crippen MR) is 45.5 cm³/mol. The van der Waals surface area contributed by atoms with Gasteiger partial charge in [0.1, 0.15) is 0 Å². The van der Waals surface area contributed by atoms with Crippen molar-refractivity contribution in [1.29, 1.82) is 0 Å². The van der Waals surface area contributed by atoms with E-state index < -0.39 is 0 Å². The highest BCUT2D eigenvalue weighted by Crippen LogP contribution is 2.64. The maximum atomic E-state index is 5.89. The first-order chi connectivity index (χ1) is 4.99. The van der Waals surface area contributed by atoms with Crippen LogP contribution in [0.25, 0.3) is 0 Å². The lowest BCUT2D eigenvalue weighted by Crippen LogP contribution is -2.46. The molecule has 3 fully saturated rings. The number of ether oxygens (including phenoxy) is 1. The molecule has 0 N–H and O–H groups in total. The highest BCUT2D eigenvalue weighted by molar-refractivity contribution is 5.13. The molecule has 0 radical (unpaired) electrons. The molecule has 1 saturated carbocycles. The normalized spacial score (nSPS) is 54.8. The van der Waals surface area contributed by atoms with Crippen LogP contribution in [0.5, 0.6) is 0 Å². The molecule has 11 heavy (non-hydrogen) atoms. The first-order valence-corrected chi connectivity index (χ1v) is 4.66. The quantitative estimate of drug-likeness (QED) is 0.564.